The minimum Gasteiger partial charge on any atom is -0.495 e. The quantitative estimate of drug-likeness (QED) is 0.801. The molecule has 0 aliphatic carbocycles. The SMILES string of the molecule is COc1c(C(=O)Cl)ccc(C(=O)Cl)c1C(=O)Cl. The molecule has 0 spiro atoms. The molecule has 7 heteroatoms. The van der Waals surface area contributed by atoms with Crippen molar-refractivity contribution in [1.29, 1.82) is 0 Å². The van der Waals surface area contributed by atoms with E-state index in [2.05, 4.69) is 0 Å². The normalized spacial score (nSPS) is 9.88. The van der Waals surface area contributed by atoms with Gasteiger partial charge < -0.3 is 4.74 Å². The first kappa shape index (κ1) is 14.0. The van der Waals surface area contributed by atoms with Crippen molar-refractivity contribution in [2.45, 2.75) is 0 Å². The number of carbonyl (C=O) groups is 3. The molecule has 1 aromatic carbocycles. The molecule has 0 radical (unpaired) electrons. The minimum absolute atomic E-state index is 0.0696. The van der Waals surface area contributed by atoms with Gasteiger partial charge in [-0.1, -0.05) is 0 Å². The van der Waals surface area contributed by atoms with Crippen molar-refractivity contribution in [3.8, 4) is 5.75 Å². The predicted molar refractivity (Wildman–Crippen MR) is 63.5 cm³/mol. The Bertz CT molecular complexity index is 511. The average Bonchev–Trinajstić information content (AvgIpc) is 2.26. The Labute approximate surface area is 111 Å². The van der Waals surface area contributed by atoms with Crippen LogP contribution in [0, 0.1) is 0 Å². The molecule has 0 aliphatic heterocycles. The Morgan fingerprint density at radius 1 is 0.941 bits per heavy atom. The number of methoxy groups -OCH3 is 1. The molecule has 0 saturated heterocycles. The molecule has 0 N–H and O–H groups in total. The fourth-order valence-electron chi connectivity index (χ4n) is 1.31. The van der Waals surface area contributed by atoms with Crippen LogP contribution >= 0.6 is 34.8 Å². The van der Waals surface area contributed by atoms with Gasteiger partial charge in [-0.05, 0) is 46.9 Å². The maximum absolute atomic E-state index is 11.2. The van der Waals surface area contributed by atoms with Gasteiger partial charge in [0.15, 0.2) is 0 Å². The zero-order chi connectivity index (χ0) is 13.2. The second kappa shape index (κ2) is 5.49. The number of hydrogen-bond acceptors (Lipinski definition) is 4. The molecule has 0 aliphatic rings. The number of rotatable bonds is 4. The van der Waals surface area contributed by atoms with Crippen molar-refractivity contribution < 1.29 is 19.1 Å². The van der Waals surface area contributed by atoms with E-state index in [1.807, 2.05) is 0 Å². The van der Waals surface area contributed by atoms with E-state index >= 15 is 0 Å². The summed E-state index contributed by atoms with van der Waals surface area (Å²) in [5.41, 5.74) is -0.495. The number of carbonyl (C=O) groups excluding carboxylic acids is 3. The standard InChI is InChI=1S/C10H5Cl3O4/c1-17-7-5(9(12)15)3-2-4(8(11)14)6(7)10(13)16/h2-3H,1H3. The number of hydrogen-bond donors (Lipinski definition) is 0. The molecule has 0 heterocycles. The summed E-state index contributed by atoms with van der Waals surface area (Å²) in [5.74, 6) is -0.170. The zero-order valence-corrected chi connectivity index (χ0v) is 10.7. The maximum atomic E-state index is 11.2. The maximum Gasteiger partial charge on any atom is 0.256 e. The minimum atomic E-state index is -0.967. The summed E-state index contributed by atoms with van der Waals surface area (Å²) >= 11 is 15.9. The van der Waals surface area contributed by atoms with Crippen LogP contribution in [0.25, 0.3) is 0 Å². The van der Waals surface area contributed by atoms with E-state index in [9.17, 15) is 14.4 Å². The largest absolute Gasteiger partial charge is 0.495 e. The third-order valence-corrected chi connectivity index (χ3v) is 2.58. The highest BCUT2D eigenvalue weighted by Gasteiger charge is 2.24. The summed E-state index contributed by atoms with van der Waals surface area (Å²) in [4.78, 5) is 33.4. The van der Waals surface area contributed by atoms with E-state index in [1.165, 1.54) is 19.2 Å². The van der Waals surface area contributed by atoms with Gasteiger partial charge in [-0.3, -0.25) is 14.4 Å². The van der Waals surface area contributed by atoms with Gasteiger partial charge >= 0.3 is 0 Å². The van der Waals surface area contributed by atoms with Gasteiger partial charge in [0.1, 0.15) is 5.75 Å². The highest BCUT2D eigenvalue weighted by atomic mass is 35.5. The van der Waals surface area contributed by atoms with Gasteiger partial charge in [0.05, 0.1) is 18.2 Å². The van der Waals surface area contributed by atoms with Crippen molar-refractivity contribution in [1.82, 2.24) is 0 Å². The van der Waals surface area contributed by atoms with Crippen LogP contribution in [-0.4, -0.2) is 22.8 Å². The molecule has 90 valence electrons. The van der Waals surface area contributed by atoms with Crippen LogP contribution in [0.5, 0.6) is 5.75 Å². The Kier molecular flexibility index (Phi) is 4.51. The Morgan fingerprint density at radius 3 is 1.76 bits per heavy atom. The second-order valence-corrected chi connectivity index (χ2v) is 3.92. The van der Waals surface area contributed by atoms with E-state index in [4.69, 9.17) is 39.5 Å². The third kappa shape index (κ3) is 2.77. The second-order valence-electron chi connectivity index (χ2n) is 2.89. The molecular weight excluding hydrogens is 290 g/mol. The molecular formula is C10H5Cl3O4. The molecule has 17 heavy (non-hydrogen) atoms. The molecule has 0 aromatic heterocycles. The topological polar surface area (TPSA) is 60.4 Å². The van der Waals surface area contributed by atoms with E-state index in [0.29, 0.717) is 0 Å². The summed E-state index contributed by atoms with van der Waals surface area (Å²) in [6, 6.07) is 2.41. The van der Waals surface area contributed by atoms with Gasteiger partial charge in [0, 0.05) is 5.56 Å². The van der Waals surface area contributed by atoms with Crippen LogP contribution in [0.3, 0.4) is 0 Å². The highest BCUT2D eigenvalue weighted by Crippen LogP contribution is 2.30. The average molecular weight is 296 g/mol. The van der Waals surface area contributed by atoms with E-state index in [1.54, 1.807) is 0 Å². The fraction of sp³-hybridized carbons (Fsp3) is 0.100. The molecule has 0 amide bonds. The summed E-state index contributed by atoms with van der Waals surface area (Å²) in [6.45, 7) is 0. The van der Waals surface area contributed by atoms with Crippen molar-refractivity contribution in [2.24, 2.45) is 0 Å². The molecule has 1 aromatic rings. The summed E-state index contributed by atoms with van der Waals surface area (Å²) in [6.07, 6.45) is 0. The lowest BCUT2D eigenvalue weighted by Gasteiger charge is -2.11. The van der Waals surface area contributed by atoms with Gasteiger partial charge in [-0.2, -0.15) is 0 Å². The van der Waals surface area contributed by atoms with Gasteiger partial charge in [-0.15, -0.1) is 0 Å². The Morgan fingerprint density at radius 2 is 1.41 bits per heavy atom. The van der Waals surface area contributed by atoms with Gasteiger partial charge in [0.2, 0.25) is 0 Å². The molecule has 4 nitrogen and oxygen atoms in total. The number of benzene rings is 1. The first-order valence-electron chi connectivity index (χ1n) is 4.20. The smallest absolute Gasteiger partial charge is 0.256 e. The van der Waals surface area contributed by atoms with Gasteiger partial charge in [-0.25, -0.2) is 0 Å². The van der Waals surface area contributed by atoms with Crippen LogP contribution < -0.4 is 4.74 Å². The lowest BCUT2D eigenvalue weighted by molar-refractivity contribution is 0.104. The van der Waals surface area contributed by atoms with Crippen LogP contribution in [0.2, 0.25) is 0 Å². The first-order valence-corrected chi connectivity index (χ1v) is 5.34. The highest BCUT2D eigenvalue weighted by molar-refractivity contribution is 6.72. The van der Waals surface area contributed by atoms with Crippen molar-refractivity contribution in [3.05, 3.63) is 28.8 Å². The molecule has 0 bridgehead atoms. The molecule has 0 unspecified atom stereocenters. The fourth-order valence-corrected chi connectivity index (χ4v) is 1.80. The third-order valence-electron chi connectivity index (χ3n) is 1.98. The van der Waals surface area contributed by atoms with E-state index < -0.39 is 15.7 Å². The number of halogens is 3. The molecule has 0 fully saturated rings. The lowest BCUT2D eigenvalue weighted by Crippen LogP contribution is -2.08. The summed E-state index contributed by atoms with van der Waals surface area (Å²) in [5, 5.41) is -2.69. The molecule has 1 rings (SSSR count). The predicted octanol–water partition coefficient (Wildman–Crippen LogP) is 2.83. The van der Waals surface area contributed by atoms with Crippen LogP contribution in [0.15, 0.2) is 12.1 Å². The van der Waals surface area contributed by atoms with E-state index in [0.717, 1.165) is 0 Å². The Hall–Kier alpha value is -1.10. The number of ether oxygens (including phenoxy) is 1. The monoisotopic (exact) mass is 294 g/mol. The van der Waals surface area contributed by atoms with Crippen molar-refractivity contribution in [3.63, 3.8) is 0 Å². The van der Waals surface area contributed by atoms with Crippen LogP contribution in [0.1, 0.15) is 31.1 Å². The van der Waals surface area contributed by atoms with Crippen molar-refractivity contribution in [2.75, 3.05) is 7.11 Å². The van der Waals surface area contributed by atoms with E-state index in [-0.39, 0.29) is 22.4 Å². The lowest BCUT2D eigenvalue weighted by atomic mass is 10.0. The zero-order valence-electron chi connectivity index (χ0n) is 8.42. The van der Waals surface area contributed by atoms with Crippen LogP contribution in [0.4, 0.5) is 0 Å². The Balaban J connectivity index is 3.67. The molecule has 0 saturated carbocycles. The molecule has 0 atom stereocenters. The summed E-state index contributed by atoms with van der Waals surface area (Å²) in [7, 11) is 1.21. The van der Waals surface area contributed by atoms with Crippen molar-refractivity contribution >= 4 is 50.5 Å². The summed E-state index contributed by atoms with van der Waals surface area (Å²) < 4.78 is 4.87. The van der Waals surface area contributed by atoms with Crippen LogP contribution in [-0.2, 0) is 0 Å². The van der Waals surface area contributed by atoms with Gasteiger partial charge in [0.25, 0.3) is 15.7 Å². The first-order chi connectivity index (χ1) is 7.90.